The minimum absolute atomic E-state index is 0.137. The smallest absolute Gasteiger partial charge is 0.247 e. The van der Waals surface area contributed by atoms with Gasteiger partial charge in [-0.2, -0.15) is 0 Å². The van der Waals surface area contributed by atoms with Crippen LogP contribution in [0.25, 0.3) is 0 Å². The summed E-state index contributed by atoms with van der Waals surface area (Å²) in [5.41, 5.74) is 1.30. The van der Waals surface area contributed by atoms with Crippen molar-refractivity contribution in [1.29, 1.82) is 0 Å². The van der Waals surface area contributed by atoms with Gasteiger partial charge in [0.15, 0.2) is 0 Å². The number of nitrogens with zero attached hydrogens (tertiary/aromatic N) is 1. The van der Waals surface area contributed by atoms with Crippen molar-refractivity contribution in [2.45, 2.75) is 18.9 Å². The number of hydrogen-bond donors (Lipinski definition) is 1. The zero-order chi connectivity index (χ0) is 16.9. The summed E-state index contributed by atoms with van der Waals surface area (Å²) >= 11 is 0. The van der Waals surface area contributed by atoms with Gasteiger partial charge in [0.05, 0.1) is 0 Å². The van der Waals surface area contributed by atoms with E-state index >= 15 is 0 Å². The molecule has 0 aromatic heterocycles. The molecule has 2 amide bonds. The van der Waals surface area contributed by atoms with Crippen LogP contribution in [0.1, 0.15) is 23.6 Å². The lowest BCUT2D eigenvalue weighted by Gasteiger charge is -2.35. The zero-order valence-electron chi connectivity index (χ0n) is 13.2. The second kappa shape index (κ2) is 7.25. The number of benzene rings is 2. The number of halogens is 1. The Bertz CT molecular complexity index is 733. The second-order valence-corrected chi connectivity index (χ2v) is 5.79. The first kappa shape index (κ1) is 16.2. The lowest BCUT2D eigenvalue weighted by atomic mass is 10.0. The minimum Gasteiger partial charge on any atom is -0.352 e. The van der Waals surface area contributed by atoms with Crippen molar-refractivity contribution < 1.29 is 14.0 Å². The molecule has 2 aromatic carbocycles. The van der Waals surface area contributed by atoms with E-state index in [1.807, 2.05) is 30.3 Å². The molecular weight excluding hydrogens is 307 g/mol. The molecule has 0 spiro atoms. The van der Waals surface area contributed by atoms with Gasteiger partial charge in [0.2, 0.25) is 11.8 Å². The summed E-state index contributed by atoms with van der Waals surface area (Å²) in [6, 6.07) is 14.9. The van der Waals surface area contributed by atoms with E-state index in [-0.39, 0.29) is 17.4 Å². The van der Waals surface area contributed by atoms with Gasteiger partial charge in [0.1, 0.15) is 11.9 Å². The van der Waals surface area contributed by atoms with E-state index in [1.165, 1.54) is 11.0 Å². The summed E-state index contributed by atoms with van der Waals surface area (Å²) in [7, 11) is 0. The molecule has 1 fully saturated rings. The molecule has 0 aliphatic carbocycles. The first-order chi connectivity index (χ1) is 11.7. The number of hydrogen-bond acceptors (Lipinski definition) is 2. The first-order valence-electron chi connectivity index (χ1n) is 8.02. The molecule has 1 atom stereocenters. The summed E-state index contributed by atoms with van der Waals surface area (Å²) in [4.78, 5) is 26.4. The Hall–Kier alpha value is -2.69. The van der Waals surface area contributed by atoms with Gasteiger partial charge < -0.3 is 10.2 Å². The summed E-state index contributed by atoms with van der Waals surface area (Å²) in [5, 5.41) is 2.72. The van der Waals surface area contributed by atoms with Crippen LogP contribution in [-0.2, 0) is 16.0 Å². The molecule has 2 aromatic rings. The van der Waals surface area contributed by atoms with Gasteiger partial charge in [0, 0.05) is 25.1 Å². The monoisotopic (exact) mass is 326 g/mol. The molecule has 5 heteroatoms. The predicted molar refractivity (Wildman–Crippen MR) is 88.6 cm³/mol. The Morgan fingerprint density at radius 2 is 1.83 bits per heavy atom. The Morgan fingerprint density at radius 3 is 2.58 bits per heavy atom. The van der Waals surface area contributed by atoms with Crippen molar-refractivity contribution in [3.8, 4) is 0 Å². The average molecular weight is 326 g/mol. The van der Waals surface area contributed by atoms with Crippen LogP contribution in [-0.4, -0.2) is 29.8 Å². The fourth-order valence-electron chi connectivity index (χ4n) is 2.98. The van der Waals surface area contributed by atoms with Crippen LogP contribution >= 0.6 is 0 Å². The molecule has 1 aliphatic rings. The van der Waals surface area contributed by atoms with Gasteiger partial charge >= 0.3 is 0 Å². The van der Waals surface area contributed by atoms with Crippen molar-refractivity contribution in [3.05, 3.63) is 71.5 Å². The highest BCUT2D eigenvalue weighted by molar-refractivity contribution is 5.90. The lowest BCUT2D eigenvalue weighted by molar-refractivity contribution is -0.143. The summed E-state index contributed by atoms with van der Waals surface area (Å²) in [6.45, 7) is 0.777. The highest BCUT2D eigenvalue weighted by Gasteiger charge is 2.35. The van der Waals surface area contributed by atoms with E-state index in [2.05, 4.69) is 5.32 Å². The van der Waals surface area contributed by atoms with Gasteiger partial charge in [-0.25, -0.2) is 4.39 Å². The fourth-order valence-corrected chi connectivity index (χ4v) is 2.98. The molecule has 4 nitrogen and oxygen atoms in total. The van der Waals surface area contributed by atoms with Crippen LogP contribution in [0, 0.1) is 5.82 Å². The average Bonchev–Trinajstić information content (AvgIpc) is 2.61. The van der Waals surface area contributed by atoms with E-state index in [4.69, 9.17) is 0 Å². The van der Waals surface area contributed by atoms with Crippen molar-refractivity contribution in [1.82, 2.24) is 10.2 Å². The fraction of sp³-hybridized carbons (Fsp3) is 0.263. The van der Waals surface area contributed by atoms with Crippen LogP contribution in [0.15, 0.2) is 54.6 Å². The second-order valence-electron chi connectivity index (χ2n) is 5.79. The molecule has 1 saturated heterocycles. The van der Waals surface area contributed by atoms with Gasteiger partial charge in [-0.3, -0.25) is 9.59 Å². The third-order valence-corrected chi connectivity index (χ3v) is 4.20. The zero-order valence-corrected chi connectivity index (χ0v) is 13.2. The van der Waals surface area contributed by atoms with Crippen molar-refractivity contribution in [2.75, 3.05) is 13.1 Å². The normalized spacial score (nSPS) is 17.5. The summed E-state index contributed by atoms with van der Waals surface area (Å²) < 4.78 is 14.1. The highest BCUT2D eigenvalue weighted by Crippen LogP contribution is 2.26. The van der Waals surface area contributed by atoms with Gasteiger partial charge in [-0.15, -0.1) is 0 Å². The molecule has 1 N–H and O–H groups in total. The van der Waals surface area contributed by atoms with Gasteiger partial charge in [-0.05, 0) is 18.1 Å². The SMILES string of the molecule is O=C1NCCN(C(=O)CCc2ccccc2)C1c1ccccc1F. The highest BCUT2D eigenvalue weighted by atomic mass is 19.1. The Balaban J connectivity index is 1.77. The predicted octanol–water partition coefficient (Wildman–Crippen LogP) is 2.46. The summed E-state index contributed by atoms with van der Waals surface area (Å²) in [5.74, 6) is -0.943. The van der Waals surface area contributed by atoms with Crippen molar-refractivity contribution in [2.24, 2.45) is 0 Å². The van der Waals surface area contributed by atoms with Crippen LogP contribution in [0.5, 0.6) is 0 Å². The maximum atomic E-state index is 14.1. The number of piperazine rings is 1. The lowest BCUT2D eigenvalue weighted by Crippen LogP contribution is -2.52. The molecule has 3 rings (SSSR count). The molecule has 124 valence electrons. The van der Waals surface area contributed by atoms with E-state index in [9.17, 15) is 14.0 Å². The number of carbonyl (C=O) groups excluding carboxylic acids is 2. The number of rotatable bonds is 4. The molecule has 24 heavy (non-hydrogen) atoms. The van der Waals surface area contributed by atoms with Crippen LogP contribution in [0.4, 0.5) is 4.39 Å². The Kier molecular flexibility index (Phi) is 4.89. The maximum Gasteiger partial charge on any atom is 0.247 e. The molecule has 1 heterocycles. The first-order valence-corrected chi connectivity index (χ1v) is 8.02. The Morgan fingerprint density at radius 1 is 1.12 bits per heavy atom. The maximum absolute atomic E-state index is 14.1. The molecular formula is C19H19FN2O2. The summed E-state index contributed by atoms with van der Waals surface area (Å²) in [6.07, 6.45) is 0.893. The standard InChI is InChI=1S/C19H19FN2O2/c20-16-9-5-4-8-15(16)18-19(24)21-12-13-22(18)17(23)11-10-14-6-2-1-3-7-14/h1-9,18H,10-13H2,(H,21,24). The molecule has 0 saturated carbocycles. The van der Waals surface area contributed by atoms with Crippen molar-refractivity contribution >= 4 is 11.8 Å². The molecule has 0 radical (unpaired) electrons. The van der Waals surface area contributed by atoms with Crippen LogP contribution < -0.4 is 5.32 Å². The Labute approximate surface area is 140 Å². The molecule has 1 unspecified atom stereocenters. The van der Waals surface area contributed by atoms with Gasteiger partial charge in [0.25, 0.3) is 0 Å². The van der Waals surface area contributed by atoms with E-state index in [1.54, 1.807) is 18.2 Å². The van der Waals surface area contributed by atoms with Gasteiger partial charge in [-0.1, -0.05) is 48.5 Å². The topological polar surface area (TPSA) is 49.4 Å². The van der Waals surface area contributed by atoms with E-state index in [0.29, 0.717) is 25.9 Å². The number of amides is 2. The third kappa shape index (κ3) is 3.45. The molecule has 0 bridgehead atoms. The quantitative estimate of drug-likeness (QED) is 0.938. The number of carbonyl (C=O) groups is 2. The van der Waals surface area contributed by atoms with E-state index in [0.717, 1.165) is 5.56 Å². The largest absolute Gasteiger partial charge is 0.352 e. The van der Waals surface area contributed by atoms with E-state index < -0.39 is 11.9 Å². The number of nitrogens with one attached hydrogen (secondary N) is 1. The van der Waals surface area contributed by atoms with Crippen LogP contribution in [0.3, 0.4) is 0 Å². The molecule has 1 aliphatic heterocycles. The van der Waals surface area contributed by atoms with Crippen LogP contribution in [0.2, 0.25) is 0 Å². The third-order valence-electron chi connectivity index (χ3n) is 4.20. The minimum atomic E-state index is -0.900. The van der Waals surface area contributed by atoms with Crippen molar-refractivity contribution in [3.63, 3.8) is 0 Å². The number of aryl methyl sites for hydroxylation is 1.